The molecule has 0 unspecified atom stereocenters. The minimum Gasteiger partial charge on any atom is -0.497 e. The van der Waals surface area contributed by atoms with Gasteiger partial charge in [-0.15, -0.1) is 0 Å². The Hall–Kier alpha value is -3.02. The van der Waals surface area contributed by atoms with E-state index in [0.29, 0.717) is 29.4 Å². The zero-order chi connectivity index (χ0) is 18.1. The molecule has 6 heteroatoms. The van der Waals surface area contributed by atoms with Gasteiger partial charge in [-0.2, -0.15) is 0 Å². The van der Waals surface area contributed by atoms with Crippen LogP contribution in [0, 0.1) is 0 Å². The molecule has 2 aromatic rings. The van der Waals surface area contributed by atoms with E-state index in [9.17, 15) is 9.59 Å². The molecular weight excluding hydrogens is 324 g/mol. The zero-order valence-electron chi connectivity index (χ0n) is 14.2. The largest absolute Gasteiger partial charge is 0.497 e. The van der Waals surface area contributed by atoms with E-state index in [4.69, 9.17) is 18.9 Å². The molecule has 132 valence electrons. The second kappa shape index (κ2) is 9.32. The lowest BCUT2D eigenvalue weighted by molar-refractivity contribution is -0.136. The summed E-state index contributed by atoms with van der Waals surface area (Å²) in [4.78, 5) is 23.6. The van der Waals surface area contributed by atoms with Crippen LogP contribution in [0.2, 0.25) is 0 Å². The molecule has 0 aliphatic rings. The summed E-state index contributed by atoms with van der Waals surface area (Å²) in [6.07, 6.45) is 0.570. The standard InChI is InChI=1S/C19H20O6/c1-22-14-6-3-8-16(12-14)24-18(20)10-5-11-19(21)25-17-9-4-7-15(13-17)23-2/h3-4,6-9,12-13H,5,10-11H2,1-2H3. The van der Waals surface area contributed by atoms with Crippen molar-refractivity contribution in [2.45, 2.75) is 19.3 Å². The fraction of sp³-hybridized carbons (Fsp3) is 0.263. The van der Waals surface area contributed by atoms with E-state index in [1.807, 2.05) is 0 Å². The molecule has 0 aliphatic carbocycles. The molecule has 0 radical (unpaired) electrons. The van der Waals surface area contributed by atoms with Gasteiger partial charge in [0.05, 0.1) is 14.2 Å². The summed E-state index contributed by atoms with van der Waals surface area (Å²) >= 11 is 0. The van der Waals surface area contributed by atoms with Crippen LogP contribution in [-0.4, -0.2) is 26.2 Å². The van der Waals surface area contributed by atoms with Crippen LogP contribution in [0.1, 0.15) is 19.3 Å². The number of methoxy groups -OCH3 is 2. The highest BCUT2D eigenvalue weighted by molar-refractivity contribution is 5.75. The van der Waals surface area contributed by atoms with Crippen LogP contribution in [-0.2, 0) is 9.59 Å². The maximum Gasteiger partial charge on any atom is 0.311 e. The lowest BCUT2D eigenvalue weighted by Crippen LogP contribution is -2.11. The summed E-state index contributed by atoms with van der Waals surface area (Å²) < 4.78 is 20.5. The Kier molecular flexibility index (Phi) is 6.83. The van der Waals surface area contributed by atoms with Crippen molar-refractivity contribution in [1.29, 1.82) is 0 Å². The van der Waals surface area contributed by atoms with E-state index in [-0.39, 0.29) is 12.8 Å². The van der Waals surface area contributed by atoms with Gasteiger partial charge in [0.25, 0.3) is 0 Å². The van der Waals surface area contributed by atoms with E-state index < -0.39 is 11.9 Å². The Balaban J connectivity index is 1.73. The van der Waals surface area contributed by atoms with E-state index in [1.165, 1.54) is 14.2 Å². The van der Waals surface area contributed by atoms with E-state index >= 15 is 0 Å². The summed E-state index contributed by atoms with van der Waals surface area (Å²) in [6, 6.07) is 13.5. The van der Waals surface area contributed by atoms with Gasteiger partial charge in [-0.25, -0.2) is 0 Å². The van der Waals surface area contributed by atoms with Crippen molar-refractivity contribution in [2.24, 2.45) is 0 Å². The smallest absolute Gasteiger partial charge is 0.311 e. The summed E-state index contributed by atoms with van der Waals surface area (Å²) in [5.41, 5.74) is 0. The average molecular weight is 344 g/mol. The number of benzene rings is 2. The third kappa shape index (κ3) is 6.18. The quantitative estimate of drug-likeness (QED) is 0.540. The van der Waals surface area contributed by atoms with Gasteiger partial charge in [0, 0.05) is 25.0 Å². The van der Waals surface area contributed by atoms with Crippen LogP contribution in [0.25, 0.3) is 0 Å². The number of hydrogen-bond donors (Lipinski definition) is 0. The van der Waals surface area contributed by atoms with Gasteiger partial charge >= 0.3 is 11.9 Å². The molecule has 6 nitrogen and oxygen atoms in total. The van der Waals surface area contributed by atoms with Crippen molar-refractivity contribution in [3.8, 4) is 23.0 Å². The Labute approximate surface area is 146 Å². The molecule has 0 N–H and O–H groups in total. The zero-order valence-corrected chi connectivity index (χ0v) is 14.2. The third-order valence-electron chi connectivity index (χ3n) is 3.31. The molecule has 2 rings (SSSR count). The van der Waals surface area contributed by atoms with Crippen LogP contribution < -0.4 is 18.9 Å². The molecule has 25 heavy (non-hydrogen) atoms. The summed E-state index contributed by atoms with van der Waals surface area (Å²) in [7, 11) is 3.07. The van der Waals surface area contributed by atoms with Gasteiger partial charge < -0.3 is 18.9 Å². The summed E-state index contributed by atoms with van der Waals surface area (Å²) in [5, 5.41) is 0. The van der Waals surface area contributed by atoms with Crippen LogP contribution >= 0.6 is 0 Å². The summed E-state index contributed by atoms with van der Waals surface area (Å²) in [5.74, 6) is 1.19. The fourth-order valence-electron chi connectivity index (χ4n) is 2.07. The van der Waals surface area contributed by atoms with E-state index in [0.717, 1.165) is 0 Å². The maximum atomic E-state index is 11.8. The van der Waals surface area contributed by atoms with Crippen LogP contribution in [0.5, 0.6) is 23.0 Å². The first-order valence-electron chi connectivity index (χ1n) is 7.80. The molecule has 0 aromatic heterocycles. The summed E-state index contributed by atoms with van der Waals surface area (Å²) in [6.45, 7) is 0. The fourth-order valence-corrected chi connectivity index (χ4v) is 2.07. The molecule has 0 atom stereocenters. The first-order chi connectivity index (χ1) is 12.1. The van der Waals surface area contributed by atoms with Crippen molar-refractivity contribution in [3.63, 3.8) is 0 Å². The molecule has 0 aliphatic heterocycles. The molecule has 0 fully saturated rings. The Morgan fingerprint density at radius 3 is 1.52 bits per heavy atom. The maximum absolute atomic E-state index is 11.8. The monoisotopic (exact) mass is 344 g/mol. The number of carbonyl (C=O) groups is 2. The lowest BCUT2D eigenvalue weighted by Gasteiger charge is -2.07. The lowest BCUT2D eigenvalue weighted by atomic mass is 10.2. The van der Waals surface area contributed by atoms with Crippen molar-refractivity contribution in [3.05, 3.63) is 48.5 Å². The predicted molar refractivity (Wildman–Crippen MR) is 91.1 cm³/mol. The second-order valence-corrected chi connectivity index (χ2v) is 5.16. The van der Waals surface area contributed by atoms with E-state index in [2.05, 4.69) is 0 Å². The first kappa shape index (κ1) is 18.3. The number of rotatable bonds is 8. The van der Waals surface area contributed by atoms with Crippen molar-refractivity contribution >= 4 is 11.9 Å². The number of ether oxygens (including phenoxy) is 4. The SMILES string of the molecule is COc1cccc(OC(=O)CCCC(=O)Oc2cccc(OC)c2)c1. The highest BCUT2D eigenvalue weighted by atomic mass is 16.5. The van der Waals surface area contributed by atoms with Gasteiger partial charge in [0.15, 0.2) is 0 Å². The minimum absolute atomic E-state index is 0.115. The molecular formula is C19H20O6. The topological polar surface area (TPSA) is 71.1 Å². The van der Waals surface area contributed by atoms with Crippen LogP contribution in [0.3, 0.4) is 0 Å². The van der Waals surface area contributed by atoms with Gasteiger partial charge in [0.1, 0.15) is 23.0 Å². The average Bonchev–Trinajstić information content (AvgIpc) is 2.62. The number of esters is 2. The Morgan fingerprint density at radius 2 is 1.12 bits per heavy atom. The van der Waals surface area contributed by atoms with Gasteiger partial charge in [-0.05, 0) is 30.7 Å². The molecule has 0 saturated heterocycles. The van der Waals surface area contributed by atoms with Gasteiger partial charge in [-0.3, -0.25) is 9.59 Å². The molecule has 2 aromatic carbocycles. The second-order valence-electron chi connectivity index (χ2n) is 5.16. The van der Waals surface area contributed by atoms with Crippen LogP contribution in [0.15, 0.2) is 48.5 Å². The molecule has 0 amide bonds. The van der Waals surface area contributed by atoms with Crippen molar-refractivity contribution in [1.82, 2.24) is 0 Å². The number of hydrogen-bond acceptors (Lipinski definition) is 6. The van der Waals surface area contributed by atoms with Gasteiger partial charge in [-0.1, -0.05) is 12.1 Å². The van der Waals surface area contributed by atoms with Crippen molar-refractivity contribution < 1.29 is 28.5 Å². The highest BCUT2D eigenvalue weighted by Crippen LogP contribution is 2.20. The van der Waals surface area contributed by atoms with E-state index in [1.54, 1.807) is 48.5 Å². The predicted octanol–water partition coefficient (Wildman–Crippen LogP) is 3.39. The Bertz CT molecular complexity index is 664. The molecule has 0 heterocycles. The molecule has 0 bridgehead atoms. The number of carbonyl (C=O) groups excluding carboxylic acids is 2. The van der Waals surface area contributed by atoms with Crippen LogP contribution in [0.4, 0.5) is 0 Å². The van der Waals surface area contributed by atoms with Gasteiger partial charge in [0.2, 0.25) is 0 Å². The third-order valence-corrected chi connectivity index (χ3v) is 3.31. The first-order valence-corrected chi connectivity index (χ1v) is 7.80. The molecule has 0 saturated carbocycles. The molecule has 0 spiro atoms. The van der Waals surface area contributed by atoms with Crippen molar-refractivity contribution in [2.75, 3.05) is 14.2 Å². The highest BCUT2D eigenvalue weighted by Gasteiger charge is 2.10. The normalized spacial score (nSPS) is 10.0. The minimum atomic E-state index is -0.414. The Morgan fingerprint density at radius 1 is 0.720 bits per heavy atom.